The number of carbonyl (C=O) groups is 1. The highest BCUT2D eigenvalue weighted by Crippen LogP contribution is 2.19. The number of benzene rings is 2. The van der Waals surface area contributed by atoms with Gasteiger partial charge in [0.1, 0.15) is 12.4 Å². The Bertz CT molecular complexity index is 942. The van der Waals surface area contributed by atoms with E-state index in [2.05, 4.69) is 26.3 Å². The van der Waals surface area contributed by atoms with Gasteiger partial charge in [-0.25, -0.2) is 0 Å². The second-order valence-corrected chi connectivity index (χ2v) is 7.21. The molecule has 0 aliphatic heterocycles. The molecule has 0 saturated heterocycles. The van der Waals surface area contributed by atoms with Crippen molar-refractivity contribution in [3.05, 3.63) is 81.0 Å². The molecule has 0 aliphatic carbocycles. The van der Waals surface area contributed by atoms with Gasteiger partial charge >= 0.3 is 0 Å². The SMILES string of the molecule is CCn1ncc(Cl)c1CNC(=O)c1cccc(COc2cccc(Br)c2)c1. The van der Waals surface area contributed by atoms with Gasteiger partial charge in [-0.2, -0.15) is 5.10 Å². The van der Waals surface area contributed by atoms with Crippen LogP contribution in [0.4, 0.5) is 0 Å². The number of nitrogens with one attached hydrogen (secondary N) is 1. The predicted molar refractivity (Wildman–Crippen MR) is 109 cm³/mol. The molecular formula is C20H19BrClN3O2. The van der Waals surface area contributed by atoms with Crippen LogP contribution in [0.25, 0.3) is 0 Å². The molecule has 0 spiro atoms. The number of aryl methyl sites for hydroxylation is 1. The summed E-state index contributed by atoms with van der Waals surface area (Å²) in [7, 11) is 0. The maximum atomic E-state index is 12.5. The Hall–Kier alpha value is -2.31. The smallest absolute Gasteiger partial charge is 0.251 e. The first-order chi connectivity index (χ1) is 13.1. The number of ether oxygens (including phenoxy) is 1. The number of hydrogen-bond acceptors (Lipinski definition) is 3. The summed E-state index contributed by atoms with van der Waals surface area (Å²) in [5.41, 5.74) is 2.28. The maximum absolute atomic E-state index is 12.5. The van der Waals surface area contributed by atoms with Crippen LogP contribution in [0.5, 0.6) is 5.75 Å². The van der Waals surface area contributed by atoms with Gasteiger partial charge in [-0.3, -0.25) is 9.48 Å². The molecule has 0 aliphatic rings. The normalized spacial score (nSPS) is 10.6. The van der Waals surface area contributed by atoms with Crippen molar-refractivity contribution in [1.82, 2.24) is 15.1 Å². The summed E-state index contributed by atoms with van der Waals surface area (Å²) in [6.07, 6.45) is 1.59. The van der Waals surface area contributed by atoms with E-state index in [0.29, 0.717) is 30.3 Å². The minimum Gasteiger partial charge on any atom is -0.489 e. The van der Waals surface area contributed by atoms with Crippen molar-refractivity contribution < 1.29 is 9.53 Å². The van der Waals surface area contributed by atoms with E-state index in [-0.39, 0.29) is 5.91 Å². The van der Waals surface area contributed by atoms with Crippen LogP contribution in [0.3, 0.4) is 0 Å². The Labute approximate surface area is 171 Å². The molecule has 2 aromatic carbocycles. The Morgan fingerprint density at radius 2 is 2.07 bits per heavy atom. The molecule has 0 unspecified atom stereocenters. The molecule has 1 N–H and O–H groups in total. The number of rotatable bonds is 7. The molecule has 0 radical (unpaired) electrons. The Balaban J connectivity index is 1.62. The van der Waals surface area contributed by atoms with E-state index in [1.807, 2.05) is 49.4 Å². The standard InChI is InChI=1S/C20H19BrClN3O2/c1-2-25-19(18(22)11-24-25)12-23-20(26)15-6-3-5-14(9-15)13-27-17-8-4-7-16(21)10-17/h3-11H,2,12-13H2,1H3,(H,23,26). The van der Waals surface area contributed by atoms with E-state index in [9.17, 15) is 4.79 Å². The second kappa shape index (κ2) is 9.06. The van der Waals surface area contributed by atoms with Crippen LogP contribution in [-0.2, 0) is 19.7 Å². The zero-order chi connectivity index (χ0) is 19.2. The van der Waals surface area contributed by atoms with Crippen molar-refractivity contribution in [3.63, 3.8) is 0 Å². The average Bonchev–Trinajstić information content (AvgIpc) is 3.04. The van der Waals surface area contributed by atoms with Gasteiger partial charge < -0.3 is 10.1 Å². The van der Waals surface area contributed by atoms with Gasteiger partial charge in [0.2, 0.25) is 0 Å². The van der Waals surface area contributed by atoms with Crippen molar-refractivity contribution in [2.24, 2.45) is 0 Å². The fourth-order valence-corrected chi connectivity index (χ4v) is 3.21. The molecule has 5 nitrogen and oxygen atoms in total. The molecule has 0 atom stereocenters. The molecule has 1 aromatic heterocycles. The lowest BCUT2D eigenvalue weighted by Gasteiger charge is -2.10. The molecule has 0 fully saturated rings. The van der Waals surface area contributed by atoms with E-state index >= 15 is 0 Å². The zero-order valence-corrected chi connectivity index (χ0v) is 17.1. The number of carbonyl (C=O) groups excluding carboxylic acids is 1. The fraction of sp³-hybridized carbons (Fsp3) is 0.200. The summed E-state index contributed by atoms with van der Waals surface area (Å²) >= 11 is 9.55. The van der Waals surface area contributed by atoms with Gasteiger partial charge in [0.25, 0.3) is 5.91 Å². The zero-order valence-electron chi connectivity index (χ0n) is 14.8. The number of halogens is 2. The molecular weight excluding hydrogens is 430 g/mol. The highest BCUT2D eigenvalue weighted by atomic mass is 79.9. The van der Waals surface area contributed by atoms with Crippen molar-refractivity contribution in [3.8, 4) is 5.75 Å². The first kappa shape index (κ1) is 19.5. The summed E-state index contributed by atoms with van der Waals surface area (Å²) < 4.78 is 8.51. The van der Waals surface area contributed by atoms with Crippen LogP contribution in [-0.4, -0.2) is 15.7 Å². The van der Waals surface area contributed by atoms with Crippen LogP contribution in [0.1, 0.15) is 28.5 Å². The summed E-state index contributed by atoms with van der Waals surface area (Å²) in [4.78, 5) is 12.5. The number of hydrogen-bond donors (Lipinski definition) is 1. The number of amides is 1. The van der Waals surface area contributed by atoms with Gasteiger partial charge in [-0.1, -0.05) is 45.7 Å². The third-order valence-electron chi connectivity index (χ3n) is 4.00. The quantitative estimate of drug-likeness (QED) is 0.563. The Kier molecular flexibility index (Phi) is 6.53. The van der Waals surface area contributed by atoms with Gasteiger partial charge in [0.15, 0.2) is 0 Å². The maximum Gasteiger partial charge on any atom is 0.251 e. The molecule has 3 rings (SSSR count). The minimum atomic E-state index is -0.167. The van der Waals surface area contributed by atoms with Crippen LogP contribution in [0.15, 0.2) is 59.2 Å². The van der Waals surface area contributed by atoms with Crippen molar-refractivity contribution in [1.29, 1.82) is 0 Å². The lowest BCUT2D eigenvalue weighted by atomic mass is 10.1. The minimum absolute atomic E-state index is 0.167. The average molecular weight is 449 g/mol. The van der Waals surface area contributed by atoms with Gasteiger partial charge in [0.05, 0.1) is 23.5 Å². The highest BCUT2D eigenvalue weighted by molar-refractivity contribution is 9.10. The third kappa shape index (κ3) is 5.11. The van der Waals surface area contributed by atoms with Gasteiger partial charge in [-0.05, 0) is 42.8 Å². The van der Waals surface area contributed by atoms with Crippen LogP contribution >= 0.6 is 27.5 Å². The van der Waals surface area contributed by atoms with Crippen LogP contribution in [0.2, 0.25) is 5.02 Å². The largest absolute Gasteiger partial charge is 0.489 e. The second-order valence-electron chi connectivity index (χ2n) is 5.88. The summed E-state index contributed by atoms with van der Waals surface area (Å²) in [5.74, 6) is 0.598. The van der Waals surface area contributed by atoms with Crippen molar-refractivity contribution in [2.75, 3.05) is 0 Å². The van der Waals surface area contributed by atoms with Crippen LogP contribution < -0.4 is 10.1 Å². The van der Waals surface area contributed by atoms with Gasteiger partial charge in [-0.15, -0.1) is 0 Å². The predicted octanol–water partition coefficient (Wildman–Crippen LogP) is 4.83. The molecule has 0 saturated carbocycles. The van der Waals surface area contributed by atoms with E-state index in [1.165, 1.54) is 0 Å². The molecule has 1 heterocycles. The fourth-order valence-electron chi connectivity index (χ4n) is 2.63. The van der Waals surface area contributed by atoms with Crippen molar-refractivity contribution in [2.45, 2.75) is 26.6 Å². The number of aromatic nitrogens is 2. The van der Waals surface area contributed by atoms with Gasteiger partial charge in [0, 0.05) is 16.6 Å². The highest BCUT2D eigenvalue weighted by Gasteiger charge is 2.11. The molecule has 140 valence electrons. The monoisotopic (exact) mass is 447 g/mol. The summed E-state index contributed by atoms with van der Waals surface area (Å²) in [6.45, 7) is 3.38. The Morgan fingerprint density at radius 1 is 1.26 bits per heavy atom. The number of nitrogens with zero attached hydrogens (tertiary/aromatic N) is 2. The molecule has 0 bridgehead atoms. The van der Waals surface area contributed by atoms with Crippen molar-refractivity contribution >= 4 is 33.4 Å². The molecule has 27 heavy (non-hydrogen) atoms. The van der Waals surface area contributed by atoms with E-state index in [1.54, 1.807) is 16.9 Å². The molecule has 1 amide bonds. The summed E-state index contributed by atoms with van der Waals surface area (Å²) in [6, 6.07) is 15.0. The molecule has 7 heteroatoms. The summed E-state index contributed by atoms with van der Waals surface area (Å²) in [5, 5.41) is 7.62. The van der Waals surface area contributed by atoms with E-state index < -0.39 is 0 Å². The van der Waals surface area contributed by atoms with E-state index in [4.69, 9.17) is 16.3 Å². The first-order valence-electron chi connectivity index (χ1n) is 8.52. The third-order valence-corrected chi connectivity index (χ3v) is 4.81. The lowest BCUT2D eigenvalue weighted by Crippen LogP contribution is -2.24. The topological polar surface area (TPSA) is 56.2 Å². The Morgan fingerprint density at radius 3 is 2.85 bits per heavy atom. The van der Waals surface area contributed by atoms with E-state index in [0.717, 1.165) is 21.5 Å². The molecule has 3 aromatic rings. The first-order valence-corrected chi connectivity index (χ1v) is 9.69. The lowest BCUT2D eigenvalue weighted by molar-refractivity contribution is 0.0949. The van der Waals surface area contributed by atoms with Crippen LogP contribution in [0, 0.1) is 0 Å².